The second-order valence-corrected chi connectivity index (χ2v) is 3.02. The van der Waals surface area contributed by atoms with E-state index in [-0.39, 0.29) is 0 Å². The summed E-state index contributed by atoms with van der Waals surface area (Å²) in [6.45, 7) is -1.04. The van der Waals surface area contributed by atoms with E-state index in [1.807, 2.05) is 0 Å². The van der Waals surface area contributed by atoms with Gasteiger partial charge in [0, 0.05) is 0 Å². The molecule has 1 N–H and O–H groups in total. The summed E-state index contributed by atoms with van der Waals surface area (Å²) in [5, 5.41) is 8.67. The van der Waals surface area contributed by atoms with E-state index in [0.717, 1.165) is 0 Å². The summed E-state index contributed by atoms with van der Waals surface area (Å²) in [6, 6.07) is 1.46. The van der Waals surface area contributed by atoms with Crippen LogP contribution in [0.1, 0.15) is 11.1 Å². The summed E-state index contributed by atoms with van der Waals surface area (Å²) in [4.78, 5) is 0. The zero-order valence-corrected chi connectivity index (χ0v) is 8.06. The zero-order chi connectivity index (χ0) is 13.3. The molecule has 8 heteroatoms. The summed E-state index contributed by atoms with van der Waals surface area (Å²) in [7, 11) is 0. The van der Waals surface area contributed by atoms with Crippen molar-refractivity contribution >= 4 is 0 Å². The van der Waals surface area contributed by atoms with E-state index >= 15 is 0 Å². The minimum Gasteiger partial charge on any atom is -0.406 e. The summed E-state index contributed by atoms with van der Waals surface area (Å²) in [6.07, 6.45) is -9.73. The molecule has 0 saturated carbocycles. The summed E-state index contributed by atoms with van der Waals surface area (Å²) in [5.41, 5.74) is -1.88. The fourth-order valence-electron chi connectivity index (χ4n) is 1.17. The van der Waals surface area contributed by atoms with E-state index in [4.69, 9.17) is 5.11 Å². The number of aliphatic hydroxyl groups excluding tert-OH is 1. The van der Waals surface area contributed by atoms with Crippen LogP contribution in [0.5, 0.6) is 5.75 Å². The largest absolute Gasteiger partial charge is 0.573 e. The summed E-state index contributed by atoms with van der Waals surface area (Å²) < 4.78 is 75.8. The van der Waals surface area contributed by atoms with Crippen molar-refractivity contribution in [3.63, 3.8) is 0 Å². The van der Waals surface area contributed by atoms with Crippen LogP contribution in [0.4, 0.5) is 26.3 Å². The summed E-state index contributed by atoms with van der Waals surface area (Å²) in [5.74, 6) is -0.811. The average molecular weight is 260 g/mol. The van der Waals surface area contributed by atoms with Crippen molar-refractivity contribution in [2.45, 2.75) is 19.1 Å². The molecule has 0 spiro atoms. The number of alkyl halides is 6. The normalized spacial score (nSPS) is 12.6. The van der Waals surface area contributed by atoms with Crippen molar-refractivity contribution in [2.24, 2.45) is 0 Å². The average Bonchev–Trinajstić information content (AvgIpc) is 2.13. The SMILES string of the molecule is OCc1cc(OC(F)(F)F)ccc1C(F)(F)F. The Labute approximate surface area is 91.4 Å². The molecule has 0 aliphatic heterocycles. The van der Waals surface area contributed by atoms with Gasteiger partial charge in [-0.15, -0.1) is 13.2 Å². The van der Waals surface area contributed by atoms with E-state index in [2.05, 4.69) is 4.74 Å². The molecule has 0 bridgehead atoms. The maximum absolute atomic E-state index is 12.3. The van der Waals surface area contributed by atoms with Crippen LogP contribution in [-0.4, -0.2) is 11.5 Å². The van der Waals surface area contributed by atoms with Crippen LogP contribution in [0.3, 0.4) is 0 Å². The molecule has 2 nitrogen and oxygen atoms in total. The maximum Gasteiger partial charge on any atom is 0.573 e. The molecule has 0 aliphatic rings. The molecule has 1 rings (SSSR count). The first-order chi connectivity index (χ1) is 7.63. The number of hydrogen-bond acceptors (Lipinski definition) is 2. The first-order valence-electron chi connectivity index (χ1n) is 4.20. The molecule has 0 fully saturated rings. The molecular formula is C9H6F6O2. The Bertz CT molecular complexity index is 395. The lowest BCUT2D eigenvalue weighted by molar-refractivity contribution is -0.274. The minimum atomic E-state index is -4.99. The maximum atomic E-state index is 12.3. The van der Waals surface area contributed by atoms with Gasteiger partial charge in [0.25, 0.3) is 0 Å². The topological polar surface area (TPSA) is 29.5 Å². The van der Waals surface area contributed by atoms with Gasteiger partial charge in [0.2, 0.25) is 0 Å². The third-order valence-electron chi connectivity index (χ3n) is 1.79. The van der Waals surface area contributed by atoms with E-state index < -0.39 is 36.0 Å². The quantitative estimate of drug-likeness (QED) is 0.828. The third kappa shape index (κ3) is 3.81. The smallest absolute Gasteiger partial charge is 0.406 e. The van der Waals surface area contributed by atoms with Crippen molar-refractivity contribution in [2.75, 3.05) is 0 Å². The van der Waals surface area contributed by atoms with Crippen LogP contribution in [0, 0.1) is 0 Å². The van der Waals surface area contributed by atoms with Crippen LogP contribution >= 0.6 is 0 Å². The minimum absolute atomic E-state index is 0.423. The Hall–Kier alpha value is -1.44. The molecule has 0 radical (unpaired) electrons. The molecule has 0 saturated heterocycles. The number of halogens is 6. The Morgan fingerprint density at radius 1 is 1.06 bits per heavy atom. The van der Waals surface area contributed by atoms with Crippen molar-refractivity contribution in [1.82, 2.24) is 0 Å². The van der Waals surface area contributed by atoms with Crippen molar-refractivity contribution in [1.29, 1.82) is 0 Å². The summed E-state index contributed by atoms with van der Waals surface area (Å²) >= 11 is 0. The Morgan fingerprint density at radius 3 is 2.06 bits per heavy atom. The fraction of sp³-hybridized carbons (Fsp3) is 0.333. The van der Waals surface area contributed by atoms with Crippen molar-refractivity contribution in [3.8, 4) is 5.75 Å². The van der Waals surface area contributed by atoms with Crippen molar-refractivity contribution < 1.29 is 36.2 Å². The molecule has 0 heterocycles. The zero-order valence-electron chi connectivity index (χ0n) is 8.06. The van der Waals surface area contributed by atoms with Crippen molar-refractivity contribution in [3.05, 3.63) is 29.3 Å². The van der Waals surface area contributed by atoms with E-state index in [0.29, 0.717) is 18.2 Å². The van der Waals surface area contributed by atoms with Gasteiger partial charge in [-0.3, -0.25) is 0 Å². The highest BCUT2D eigenvalue weighted by atomic mass is 19.4. The Kier molecular flexibility index (Phi) is 3.56. The molecule has 0 aromatic heterocycles. The van der Waals surface area contributed by atoms with Crippen LogP contribution in [-0.2, 0) is 12.8 Å². The van der Waals surface area contributed by atoms with Crippen LogP contribution in [0.2, 0.25) is 0 Å². The lowest BCUT2D eigenvalue weighted by Crippen LogP contribution is -2.18. The second kappa shape index (κ2) is 4.44. The second-order valence-electron chi connectivity index (χ2n) is 3.02. The number of benzene rings is 1. The highest BCUT2D eigenvalue weighted by molar-refractivity contribution is 5.37. The molecule has 0 atom stereocenters. The molecule has 96 valence electrons. The molecule has 1 aromatic carbocycles. The standard InChI is InChI=1S/C9H6F6O2/c10-8(11,12)7-2-1-6(3-5(7)4-16)17-9(13,14)15/h1-3,16H,4H2. The predicted octanol–water partition coefficient (Wildman–Crippen LogP) is 3.10. The van der Waals surface area contributed by atoms with Gasteiger partial charge in [-0.2, -0.15) is 13.2 Å². The fourth-order valence-corrected chi connectivity index (χ4v) is 1.17. The molecule has 17 heavy (non-hydrogen) atoms. The van der Waals surface area contributed by atoms with Gasteiger partial charge < -0.3 is 9.84 Å². The van der Waals surface area contributed by atoms with Gasteiger partial charge in [-0.05, 0) is 23.8 Å². The lowest BCUT2D eigenvalue weighted by Gasteiger charge is -2.14. The van der Waals surface area contributed by atoms with E-state index in [9.17, 15) is 26.3 Å². The van der Waals surface area contributed by atoms with Crippen LogP contribution in [0.25, 0.3) is 0 Å². The van der Waals surface area contributed by atoms with E-state index in [1.54, 1.807) is 0 Å². The molecule has 0 amide bonds. The monoisotopic (exact) mass is 260 g/mol. The van der Waals surface area contributed by atoms with Gasteiger partial charge in [0.1, 0.15) is 5.75 Å². The highest BCUT2D eigenvalue weighted by Crippen LogP contribution is 2.34. The molecule has 1 aromatic rings. The van der Waals surface area contributed by atoms with Crippen LogP contribution in [0.15, 0.2) is 18.2 Å². The predicted molar refractivity (Wildman–Crippen MR) is 44.0 cm³/mol. The number of hydrogen-bond donors (Lipinski definition) is 1. The van der Waals surface area contributed by atoms with Gasteiger partial charge in [-0.25, -0.2) is 0 Å². The number of ether oxygens (including phenoxy) is 1. The van der Waals surface area contributed by atoms with E-state index in [1.165, 1.54) is 0 Å². The van der Waals surface area contributed by atoms with Crippen LogP contribution < -0.4 is 4.74 Å². The van der Waals surface area contributed by atoms with Gasteiger partial charge in [0.15, 0.2) is 0 Å². The van der Waals surface area contributed by atoms with Gasteiger partial charge in [-0.1, -0.05) is 0 Å². The molecule has 0 unspecified atom stereocenters. The highest BCUT2D eigenvalue weighted by Gasteiger charge is 2.35. The lowest BCUT2D eigenvalue weighted by atomic mass is 10.1. The Morgan fingerprint density at radius 2 is 1.65 bits per heavy atom. The molecule has 0 aliphatic carbocycles. The Balaban J connectivity index is 3.09. The number of rotatable bonds is 2. The first kappa shape index (κ1) is 13.6. The molecular weight excluding hydrogens is 254 g/mol. The third-order valence-corrected chi connectivity index (χ3v) is 1.79. The first-order valence-corrected chi connectivity index (χ1v) is 4.20. The van der Waals surface area contributed by atoms with Gasteiger partial charge in [0.05, 0.1) is 12.2 Å². The number of aliphatic hydroxyl groups is 1. The van der Waals surface area contributed by atoms with Gasteiger partial charge >= 0.3 is 12.5 Å².